The first-order valence-corrected chi connectivity index (χ1v) is 12.8. The van der Waals surface area contributed by atoms with E-state index in [1.807, 2.05) is 36.4 Å². The maximum absolute atomic E-state index is 13.2. The van der Waals surface area contributed by atoms with Gasteiger partial charge in [0.2, 0.25) is 6.17 Å². The van der Waals surface area contributed by atoms with Gasteiger partial charge in [0.05, 0.1) is 10.3 Å². The SMILES string of the molecule is CCCCCSC1=NN2C(=c3ccccc3=NC2c2ccc(-c3ccc([N+](=O)[O-])cc3C)o2)C(=O)N1. The Labute approximate surface area is 211 Å². The second kappa shape index (κ2) is 9.98. The lowest BCUT2D eigenvalue weighted by atomic mass is 10.1. The lowest BCUT2D eigenvalue weighted by Gasteiger charge is -2.32. The Morgan fingerprint density at radius 2 is 2.00 bits per heavy atom. The van der Waals surface area contributed by atoms with Gasteiger partial charge in [0.15, 0.2) is 10.9 Å². The number of nitrogens with one attached hydrogen (secondary N) is 1. The summed E-state index contributed by atoms with van der Waals surface area (Å²) in [5.41, 5.74) is 1.93. The van der Waals surface area contributed by atoms with Crippen LogP contribution in [0.15, 0.2) is 69.1 Å². The molecule has 10 heteroatoms. The maximum atomic E-state index is 13.2. The Kier molecular flexibility index (Phi) is 6.60. The molecule has 1 amide bonds. The van der Waals surface area contributed by atoms with Crippen molar-refractivity contribution in [2.24, 2.45) is 10.1 Å². The first kappa shape index (κ1) is 23.8. The third-order valence-corrected chi connectivity index (χ3v) is 7.02. The van der Waals surface area contributed by atoms with E-state index in [0.29, 0.717) is 33.0 Å². The Bertz CT molecular complexity index is 1500. The van der Waals surface area contributed by atoms with Crippen molar-refractivity contribution in [1.82, 2.24) is 10.3 Å². The minimum atomic E-state index is -0.667. The van der Waals surface area contributed by atoms with E-state index in [1.54, 1.807) is 18.0 Å². The van der Waals surface area contributed by atoms with Crippen molar-refractivity contribution < 1.29 is 14.1 Å². The molecule has 2 aliphatic heterocycles. The fourth-order valence-electron chi connectivity index (χ4n) is 4.27. The number of nitrogens with zero attached hydrogens (tertiary/aromatic N) is 4. The summed E-state index contributed by atoms with van der Waals surface area (Å²) >= 11 is 1.52. The van der Waals surface area contributed by atoms with E-state index in [4.69, 9.17) is 14.5 Å². The number of unbranched alkanes of at least 4 members (excludes halogenated alkanes) is 2. The van der Waals surface area contributed by atoms with Crippen LogP contribution in [0.3, 0.4) is 0 Å². The maximum Gasteiger partial charge on any atom is 0.276 e. The number of furan rings is 1. The summed E-state index contributed by atoms with van der Waals surface area (Å²) in [4.78, 5) is 28.8. The number of nitro benzene ring substituents is 1. The number of hydrogen-bond acceptors (Lipinski definition) is 8. The number of para-hydroxylation sites is 1. The number of hydrazone groups is 1. The number of aryl methyl sites for hydroxylation is 1. The van der Waals surface area contributed by atoms with E-state index in [0.717, 1.165) is 36.1 Å². The van der Waals surface area contributed by atoms with Crippen LogP contribution in [0.1, 0.15) is 43.7 Å². The molecule has 0 saturated carbocycles. The van der Waals surface area contributed by atoms with Crippen molar-refractivity contribution in [2.75, 3.05) is 5.75 Å². The minimum Gasteiger partial charge on any atom is -0.457 e. The highest BCUT2D eigenvalue weighted by Gasteiger charge is 2.36. The van der Waals surface area contributed by atoms with Gasteiger partial charge < -0.3 is 4.42 Å². The smallest absolute Gasteiger partial charge is 0.276 e. The highest BCUT2D eigenvalue weighted by atomic mass is 32.2. The standard InChI is InChI=1S/C26H25N5O4S/c1-3-4-7-14-36-26-28-25(32)23-19-8-5-6-9-20(19)27-24(30(23)29-26)22-13-12-21(35-22)18-11-10-17(31(33)34)15-16(18)2/h5-6,8-13,15,24H,3-4,7,14H2,1-2H3,(H,28,29,32). The number of fused-ring (bicyclic) bond motifs is 2. The molecule has 1 aromatic heterocycles. The average molecular weight is 504 g/mol. The molecule has 2 aliphatic rings. The number of rotatable bonds is 7. The van der Waals surface area contributed by atoms with Crippen LogP contribution in [0.5, 0.6) is 0 Å². The molecule has 0 bridgehead atoms. The number of nitro groups is 1. The number of thioether (sulfide) groups is 1. The van der Waals surface area contributed by atoms with Crippen LogP contribution in [0, 0.1) is 17.0 Å². The van der Waals surface area contributed by atoms with Crippen LogP contribution in [0.4, 0.5) is 5.69 Å². The van der Waals surface area contributed by atoms with Crippen LogP contribution in [0.2, 0.25) is 0 Å². The number of amides is 1. The van der Waals surface area contributed by atoms with Crippen molar-refractivity contribution in [2.45, 2.75) is 39.3 Å². The summed E-state index contributed by atoms with van der Waals surface area (Å²) in [6.07, 6.45) is 2.62. The molecule has 5 rings (SSSR count). The van der Waals surface area contributed by atoms with Gasteiger partial charge in [0.1, 0.15) is 11.5 Å². The predicted molar refractivity (Wildman–Crippen MR) is 138 cm³/mol. The molecular formula is C26H25N5O4S. The number of carbonyl (C=O) groups is 1. The first-order valence-electron chi connectivity index (χ1n) is 11.8. The van der Waals surface area contributed by atoms with Gasteiger partial charge in [-0.1, -0.05) is 49.7 Å². The Hall–Kier alpha value is -3.92. The fourth-order valence-corrected chi connectivity index (χ4v) is 5.13. The quantitative estimate of drug-likeness (QED) is 0.293. The van der Waals surface area contributed by atoms with Crippen LogP contribution in [-0.2, 0) is 4.79 Å². The Morgan fingerprint density at radius 1 is 1.17 bits per heavy atom. The first-order chi connectivity index (χ1) is 17.5. The molecule has 36 heavy (non-hydrogen) atoms. The third kappa shape index (κ3) is 4.51. The number of hydrogen-bond donors (Lipinski definition) is 1. The Balaban J connectivity index is 1.53. The van der Waals surface area contributed by atoms with Gasteiger partial charge in [-0.05, 0) is 43.2 Å². The van der Waals surface area contributed by atoms with Crippen molar-refractivity contribution >= 4 is 34.2 Å². The van der Waals surface area contributed by atoms with Crippen LogP contribution < -0.4 is 15.9 Å². The number of non-ortho nitro benzene ring substituents is 1. The van der Waals surface area contributed by atoms with Crippen molar-refractivity contribution in [3.63, 3.8) is 0 Å². The zero-order valence-corrected chi connectivity index (χ0v) is 20.7. The van der Waals surface area contributed by atoms with E-state index in [2.05, 4.69) is 12.2 Å². The normalized spacial score (nSPS) is 16.6. The van der Waals surface area contributed by atoms with E-state index < -0.39 is 11.1 Å². The molecule has 3 heterocycles. The van der Waals surface area contributed by atoms with Crippen LogP contribution >= 0.6 is 11.8 Å². The number of carbonyl (C=O) groups excluding carboxylic acids is 1. The molecule has 184 valence electrons. The molecule has 0 fully saturated rings. The highest BCUT2D eigenvalue weighted by Crippen LogP contribution is 2.35. The molecule has 1 unspecified atom stereocenters. The van der Waals surface area contributed by atoms with Crippen LogP contribution in [-0.4, -0.2) is 26.8 Å². The third-order valence-electron chi connectivity index (χ3n) is 6.07. The fraction of sp³-hybridized carbons (Fsp3) is 0.269. The summed E-state index contributed by atoms with van der Waals surface area (Å²) in [5, 5.41) is 22.4. The lowest BCUT2D eigenvalue weighted by Crippen LogP contribution is -2.50. The van der Waals surface area contributed by atoms with Gasteiger partial charge in [0.25, 0.3) is 11.6 Å². The molecular weight excluding hydrogens is 478 g/mol. The number of amidine groups is 1. The molecule has 3 aromatic rings. The van der Waals surface area contributed by atoms with Gasteiger partial charge in [-0.2, -0.15) is 0 Å². The van der Waals surface area contributed by atoms with E-state index in [-0.39, 0.29) is 11.6 Å². The van der Waals surface area contributed by atoms with E-state index >= 15 is 0 Å². The van der Waals surface area contributed by atoms with Gasteiger partial charge in [-0.3, -0.25) is 20.2 Å². The summed E-state index contributed by atoms with van der Waals surface area (Å²) in [7, 11) is 0. The summed E-state index contributed by atoms with van der Waals surface area (Å²) in [5.74, 6) is 1.71. The molecule has 1 N–H and O–H groups in total. The summed E-state index contributed by atoms with van der Waals surface area (Å²) in [6, 6.07) is 15.8. The molecule has 0 aliphatic carbocycles. The summed E-state index contributed by atoms with van der Waals surface area (Å²) < 4.78 is 6.21. The predicted octanol–water partition coefficient (Wildman–Crippen LogP) is 4.23. The Morgan fingerprint density at radius 3 is 2.78 bits per heavy atom. The number of benzene rings is 2. The molecule has 9 nitrogen and oxygen atoms in total. The van der Waals surface area contributed by atoms with E-state index in [9.17, 15) is 14.9 Å². The van der Waals surface area contributed by atoms with Gasteiger partial charge in [-0.25, -0.2) is 10.0 Å². The van der Waals surface area contributed by atoms with Gasteiger partial charge in [0, 0.05) is 28.7 Å². The van der Waals surface area contributed by atoms with Crippen molar-refractivity contribution in [3.05, 3.63) is 86.6 Å². The second-order valence-corrected chi connectivity index (χ2v) is 9.67. The minimum absolute atomic E-state index is 0.0267. The van der Waals surface area contributed by atoms with Gasteiger partial charge in [-0.15, -0.1) is 5.10 Å². The van der Waals surface area contributed by atoms with Crippen LogP contribution in [0.25, 0.3) is 17.0 Å². The molecule has 0 saturated heterocycles. The van der Waals surface area contributed by atoms with Gasteiger partial charge >= 0.3 is 0 Å². The topological polar surface area (TPSA) is 113 Å². The molecule has 1 atom stereocenters. The zero-order chi connectivity index (χ0) is 25.2. The highest BCUT2D eigenvalue weighted by molar-refractivity contribution is 8.13. The van der Waals surface area contributed by atoms with E-state index in [1.165, 1.54) is 23.9 Å². The second-order valence-electron chi connectivity index (χ2n) is 8.59. The summed E-state index contributed by atoms with van der Waals surface area (Å²) in [6.45, 7) is 3.96. The lowest BCUT2D eigenvalue weighted by molar-refractivity contribution is -0.384. The largest absolute Gasteiger partial charge is 0.457 e. The molecule has 0 spiro atoms. The molecule has 0 radical (unpaired) electrons. The van der Waals surface area contributed by atoms with Crippen molar-refractivity contribution in [3.8, 4) is 11.3 Å². The van der Waals surface area contributed by atoms with Crippen molar-refractivity contribution in [1.29, 1.82) is 0 Å². The average Bonchev–Trinajstić information content (AvgIpc) is 3.35. The monoisotopic (exact) mass is 503 g/mol. The zero-order valence-electron chi connectivity index (χ0n) is 19.9. The molecule has 2 aromatic carbocycles.